The summed E-state index contributed by atoms with van der Waals surface area (Å²) in [5.41, 5.74) is 0.552. The molecule has 100 valence electrons. The number of hydrogen-bond acceptors (Lipinski definition) is 4. The number of aromatic nitrogens is 3. The molecule has 0 aliphatic carbocycles. The van der Waals surface area contributed by atoms with Crippen molar-refractivity contribution in [2.24, 2.45) is 0 Å². The van der Waals surface area contributed by atoms with Crippen LogP contribution in [0.3, 0.4) is 0 Å². The molecule has 0 N–H and O–H groups in total. The lowest BCUT2D eigenvalue weighted by atomic mass is 10.1. The maximum atomic E-state index is 12.3. The first-order valence-corrected chi connectivity index (χ1v) is 6.68. The summed E-state index contributed by atoms with van der Waals surface area (Å²) in [4.78, 5) is 16.4. The average molecular weight is 324 g/mol. The number of aryl methyl sites for hydroxylation is 1. The van der Waals surface area contributed by atoms with E-state index in [0.717, 1.165) is 4.47 Å². The Morgan fingerprint density at radius 2 is 2.26 bits per heavy atom. The summed E-state index contributed by atoms with van der Waals surface area (Å²) < 4.78 is 7.81. The molecule has 0 fully saturated rings. The Balaban J connectivity index is 2.25. The molecule has 0 spiro atoms. The summed E-state index contributed by atoms with van der Waals surface area (Å²) in [6.45, 7) is 2.66. The smallest absolute Gasteiger partial charge is 0.174 e. The molecule has 0 unspecified atom stereocenters. The lowest BCUT2D eigenvalue weighted by Crippen LogP contribution is -2.11. The van der Waals surface area contributed by atoms with Gasteiger partial charge in [-0.1, -0.05) is 15.9 Å². The van der Waals surface area contributed by atoms with Crippen LogP contribution in [-0.4, -0.2) is 27.7 Å². The Kier molecular flexibility index (Phi) is 4.31. The molecule has 19 heavy (non-hydrogen) atoms. The van der Waals surface area contributed by atoms with Crippen molar-refractivity contribution in [1.29, 1.82) is 0 Å². The van der Waals surface area contributed by atoms with Crippen LogP contribution in [0.1, 0.15) is 23.1 Å². The number of hydrogen-bond donors (Lipinski definition) is 0. The van der Waals surface area contributed by atoms with Gasteiger partial charge in [0.05, 0.1) is 19.1 Å². The summed E-state index contributed by atoms with van der Waals surface area (Å²) in [5.74, 6) is 1.19. The summed E-state index contributed by atoms with van der Waals surface area (Å²) in [5, 5.41) is 4.05. The van der Waals surface area contributed by atoms with E-state index < -0.39 is 0 Å². The van der Waals surface area contributed by atoms with E-state index in [9.17, 15) is 4.79 Å². The fourth-order valence-electron chi connectivity index (χ4n) is 1.82. The molecule has 2 rings (SSSR count). The maximum absolute atomic E-state index is 12.3. The summed E-state index contributed by atoms with van der Waals surface area (Å²) in [6, 6.07) is 5.34. The van der Waals surface area contributed by atoms with E-state index in [0.29, 0.717) is 23.7 Å². The van der Waals surface area contributed by atoms with Crippen LogP contribution in [0.5, 0.6) is 5.75 Å². The zero-order chi connectivity index (χ0) is 13.8. The molecule has 2 aromatic rings. The van der Waals surface area contributed by atoms with Crippen molar-refractivity contribution in [2.45, 2.75) is 19.9 Å². The lowest BCUT2D eigenvalue weighted by molar-refractivity contribution is 0.0986. The number of ketones is 1. The molecule has 1 aromatic heterocycles. The molecule has 5 nitrogen and oxygen atoms in total. The summed E-state index contributed by atoms with van der Waals surface area (Å²) >= 11 is 3.35. The average Bonchev–Trinajstić information content (AvgIpc) is 2.85. The normalized spacial score (nSPS) is 10.5. The van der Waals surface area contributed by atoms with Crippen molar-refractivity contribution >= 4 is 21.7 Å². The van der Waals surface area contributed by atoms with Gasteiger partial charge >= 0.3 is 0 Å². The number of benzene rings is 1. The molecule has 0 radical (unpaired) electrons. The number of carbonyl (C=O) groups excluding carboxylic acids is 1. The fourth-order valence-corrected chi connectivity index (χ4v) is 2.16. The molecule has 0 amide bonds. The number of rotatable bonds is 5. The molecular formula is C13H14BrN3O2. The first-order valence-electron chi connectivity index (χ1n) is 5.89. The zero-order valence-electron chi connectivity index (χ0n) is 10.8. The molecule has 0 atom stereocenters. The Morgan fingerprint density at radius 3 is 2.95 bits per heavy atom. The van der Waals surface area contributed by atoms with Crippen LogP contribution >= 0.6 is 15.9 Å². The van der Waals surface area contributed by atoms with Crippen molar-refractivity contribution < 1.29 is 9.53 Å². The third-order valence-electron chi connectivity index (χ3n) is 2.78. The summed E-state index contributed by atoms with van der Waals surface area (Å²) in [7, 11) is 1.55. The molecule has 0 saturated heterocycles. The molecule has 0 aliphatic heterocycles. The highest BCUT2D eigenvalue weighted by Gasteiger charge is 2.16. The SMILES string of the molecule is CCn1ncnc1CC(=O)c1ccc(Br)cc1OC. The molecule has 0 saturated carbocycles. The quantitative estimate of drug-likeness (QED) is 0.793. The number of methoxy groups -OCH3 is 1. The molecule has 0 bridgehead atoms. The van der Waals surface area contributed by atoms with E-state index in [4.69, 9.17) is 4.74 Å². The second-order valence-corrected chi connectivity index (χ2v) is 4.85. The van der Waals surface area contributed by atoms with Gasteiger partial charge in [-0.2, -0.15) is 5.10 Å². The number of ether oxygens (including phenoxy) is 1. The molecule has 6 heteroatoms. The number of carbonyl (C=O) groups is 1. The van der Waals surface area contributed by atoms with E-state index in [-0.39, 0.29) is 12.2 Å². The molecule has 0 aliphatic rings. The highest BCUT2D eigenvalue weighted by atomic mass is 79.9. The number of halogens is 1. The second kappa shape index (κ2) is 5.97. The Hall–Kier alpha value is -1.69. The van der Waals surface area contributed by atoms with Crippen LogP contribution in [0.2, 0.25) is 0 Å². The molecule has 1 heterocycles. The van der Waals surface area contributed by atoms with Gasteiger partial charge in [0, 0.05) is 11.0 Å². The van der Waals surface area contributed by atoms with Crippen LogP contribution in [0.4, 0.5) is 0 Å². The maximum Gasteiger partial charge on any atom is 0.174 e. The topological polar surface area (TPSA) is 57.0 Å². The first kappa shape index (κ1) is 13.7. The third-order valence-corrected chi connectivity index (χ3v) is 3.27. The zero-order valence-corrected chi connectivity index (χ0v) is 12.3. The van der Waals surface area contributed by atoms with Crippen molar-refractivity contribution in [3.8, 4) is 5.75 Å². The van der Waals surface area contributed by atoms with Crippen LogP contribution in [0.25, 0.3) is 0 Å². The second-order valence-electron chi connectivity index (χ2n) is 3.94. The highest BCUT2D eigenvalue weighted by molar-refractivity contribution is 9.10. The van der Waals surface area contributed by atoms with Crippen molar-refractivity contribution in [2.75, 3.05) is 7.11 Å². The first-order chi connectivity index (χ1) is 9.15. The monoisotopic (exact) mass is 323 g/mol. The largest absolute Gasteiger partial charge is 0.496 e. The van der Waals surface area contributed by atoms with Crippen molar-refractivity contribution in [1.82, 2.24) is 14.8 Å². The van der Waals surface area contributed by atoms with Gasteiger partial charge in [0.2, 0.25) is 0 Å². The Bertz CT molecular complexity index is 595. The third kappa shape index (κ3) is 3.01. The fraction of sp³-hybridized carbons (Fsp3) is 0.308. The van der Waals surface area contributed by atoms with Gasteiger partial charge in [-0.15, -0.1) is 0 Å². The van der Waals surface area contributed by atoms with Gasteiger partial charge in [-0.05, 0) is 25.1 Å². The molecule has 1 aromatic carbocycles. The number of nitrogens with zero attached hydrogens (tertiary/aromatic N) is 3. The van der Waals surface area contributed by atoms with Gasteiger partial charge in [0.25, 0.3) is 0 Å². The molecular weight excluding hydrogens is 310 g/mol. The van der Waals surface area contributed by atoms with E-state index in [1.165, 1.54) is 6.33 Å². The minimum absolute atomic E-state index is 0.0351. The van der Waals surface area contributed by atoms with E-state index in [1.807, 2.05) is 13.0 Å². The van der Waals surface area contributed by atoms with Gasteiger partial charge < -0.3 is 4.74 Å². The Morgan fingerprint density at radius 1 is 1.47 bits per heavy atom. The van der Waals surface area contributed by atoms with Gasteiger partial charge in [0.15, 0.2) is 5.78 Å². The number of Topliss-reactive ketones (excluding diaryl/α,β-unsaturated/α-hetero) is 1. The van der Waals surface area contributed by atoms with Gasteiger partial charge in [-0.3, -0.25) is 4.79 Å². The Labute approximate surface area is 119 Å². The van der Waals surface area contributed by atoms with Crippen LogP contribution in [-0.2, 0) is 13.0 Å². The highest BCUT2D eigenvalue weighted by Crippen LogP contribution is 2.24. The summed E-state index contributed by atoms with van der Waals surface area (Å²) in [6.07, 6.45) is 1.68. The van der Waals surface area contributed by atoms with E-state index in [2.05, 4.69) is 26.0 Å². The standard InChI is InChI=1S/C13H14BrN3O2/c1-3-17-13(15-8-16-17)7-11(18)10-5-4-9(14)6-12(10)19-2/h4-6,8H,3,7H2,1-2H3. The van der Waals surface area contributed by atoms with Crippen molar-refractivity contribution in [3.05, 3.63) is 40.4 Å². The van der Waals surface area contributed by atoms with Crippen LogP contribution in [0, 0.1) is 0 Å². The van der Waals surface area contributed by atoms with Gasteiger partial charge in [0.1, 0.15) is 17.9 Å². The van der Waals surface area contributed by atoms with E-state index >= 15 is 0 Å². The van der Waals surface area contributed by atoms with E-state index in [1.54, 1.807) is 23.9 Å². The van der Waals surface area contributed by atoms with Crippen LogP contribution < -0.4 is 4.74 Å². The van der Waals surface area contributed by atoms with Crippen molar-refractivity contribution in [3.63, 3.8) is 0 Å². The lowest BCUT2D eigenvalue weighted by Gasteiger charge is -2.08. The van der Waals surface area contributed by atoms with Gasteiger partial charge in [-0.25, -0.2) is 9.67 Å². The predicted molar refractivity (Wildman–Crippen MR) is 74.4 cm³/mol. The van der Waals surface area contributed by atoms with Crippen LogP contribution in [0.15, 0.2) is 29.0 Å². The minimum Gasteiger partial charge on any atom is -0.496 e. The minimum atomic E-state index is -0.0351. The predicted octanol–water partition coefficient (Wildman–Crippen LogP) is 2.49.